The lowest BCUT2D eigenvalue weighted by molar-refractivity contribution is 0.111. The number of rotatable bonds is 6. The molecule has 0 unspecified atom stereocenters. The second kappa shape index (κ2) is 9.02. The number of pyridine rings is 1. The Bertz CT molecular complexity index is 566. The van der Waals surface area contributed by atoms with E-state index in [-0.39, 0.29) is 0 Å². The lowest BCUT2D eigenvalue weighted by atomic mass is 9.80. The van der Waals surface area contributed by atoms with Crippen molar-refractivity contribution in [3.05, 3.63) is 15.3 Å². The Hall–Kier alpha value is -0.850. The van der Waals surface area contributed by atoms with Crippen LogP contribution in [-0.2, 0) is 0 Å². The van der Waals surface area contributed by atoms with Gasteiger partial charge in [-0.2, -0.15) is 0 Å². The Labute approximate surface area is 160 Å². The molecule has 5 heteroatoms. The summed E-state index contributed by atoms with van der Waals surface area (Å²) in [5.41, 5.74) is 1.83. The lowest BCUT2D eigenvalue weighted by Crippen LogP contribution is -2.26. The molecule has 4 nitrogen and oxygen atoms in total. The van der Waals surface area contributed by atoms with Gasteiger partial charge < -0.3 is 9.64 Å². The molecule has 0 atom stereocenters. The van der Waals surface area contributed by atoms with Crippen LogP contribution in [0.3, 0.4) is 0 Å². The van der Waals surface area contributed by atoms with E-state index in [2.05, 4.69) is 59.4 Å². The summed E-state index contributed by atoms with van der Waals surface area (Å²) in [6.07, 6.45) is 6.98. The maximum Gasteiger partial charge on any atom is 0.227 e. The van der Waals surface area contributed by atoms with Gasteiger partial charge in [-0.3, -0.25) is 0 Å². The third kappa shape index (κ3) is 5.33. The number of aromatic nitrogens is 1. The molecule has 1 aromatic rings. The monoisotopic (exact) mass is 443 g/mol. The van der Waals surface area contributed by atoms with E-state index in [4.69, 9.17) is 4.74 Å². The fourth-order valence-electron chi connectivity index (χ4n) is 3.04. The van der Waals surface area contributed by atoms with Gasteiger partial charge in [-0.15, -0.1) is 0 Å². The second-order valence-corrected chi connectivity index (χ2v) is 8.26. The highest BCUT2D eigenvalue weighted by Gasteiger charge is 2.25. The highest BCUT2D eigenvalue weighted by atomic mass is 127. The summed E-state index contributed by atoms with van der Waals surface area (Å²) in [6, 6.07) is 2.07. The third-order valence-electron chi connectivity index (χ3n) is 4.94. The van der Waals surface area contributed by atoms with Crippen molar-refractivity contribution < 1.29 is 4.74 Å². The normalized spacial score (nSPS) is 21.5. The summed E-state index contributed by atoms with van der Waals surface area (Å²) in [6.45, 7) is 9.69. The first-order chi connectivity index (χ1) is 11.4. The molecule has 24 heavy (non-hydrogen) atoms. The molecule has 0 saturated heterocycles. The number of hydrogen-bond donors (Lipinski definition) is 0. The number of aliphatic imine (C=N–C) groups is 1. The zero-order valence-electron chi connectivity index (χ0n) is 15.6. The molecule has 134 valence electrons. The minimum atomic E-state index is 0.306. The van der Waals surface area contributed by atoms with Gasteiger partial charge in [0.2, 0.25) is 5.88 Å². The molecule has 2 rings (SSSR count). The van der Waals surface area contributed by atoms with Gasteiger partial charge in [-0.1, -0.05) is 13.8 Å². The van der Waals surface area contributed by atoms with Crippen molar-refractivity contribution in [3.63, 3.8) is 0 Å². The van der Waals surface area contributed by atoms with Crippen molar-refractivity contribution in [1.82, 2.24) is 9.88 Å². The van der Waals surface area contributed by atoms with Crippen molar-refractivity contribution in [2.45, 2.75) is 59.5 Å². The summed E-state index contributed by atoms with van der Waals surface area (Å²) in [4.78, 5) is 11.2. The van der Waals surface area contributed by atoms with Crippen LogP contribution in [0.1, 0.15) is 52.1 Å². The molecule has 1 heterocycles. The molecule has 1 saturated carbocycles. The van der Waals surface area contributed by atoms with Crippen molar-refractivity contribution in [3.8, 4) is 5.88 Å². The van der Waals surface area contributed by atoms with Crippen LogP contribution in [0.5, 0.6) is 5.88 Å². The highest BCUT2D eigenvalue weighted by Crippen LogP contribution is 2.33. The highest BCUT2D eigenvalue weighted by molar-refractivity contribution is 14.1. The topological polar surface area (TPSA) is 37.7 Å². The van der Waals surface area contributed by atoms with Crippen molar-refractivity contribution in [2.24, 2.45) is 16.8 Å². The van der Waals surface area contributed by atoms with Gasteiger partial charge in [0.05, 0.1) is 21.3 Å². The summed E-state index contributed by atoms with van der Waals surface area (Å²) in [7, 11) is 2.02. The SMILES string of the molecule is CCN(C)/C=N/c1cc(I)c(O[C@H]2CC[C@H](C(C)C)CC2)nc1C. The Balaban J connectivity index is 2.02. The Morgan fingerprint density at radius 1 is 1.38 bits per heavy atom. The van der Waals surface area contributed by atoms with E-state index in [1.54, 1.807) is 0 Å². The van der Waals surface area contributed by atoms with E-state index in [1.807, 2.05) is 25.2 Å². The molecule has 1 aliphatic carbocycles. The molecule has 0 aliphatic heterocycles. The van der Waals surface area contributed by atoms with Crippen LogP contribution in [0, 0.1) is 22.3 Å². The first kappa shape index (κ1) is 19.5. The first-order valence-corrected chi connectivity index (χ1v) is 10.1. The average molecular weight is 443 g/mol. The smallest absolute Gasteiger partial charge is 0.227 e. The molecule has 0 aromatic carbocycles. The molecule has 1 aliphatic rings. The van der Waals surface area contributed by atoms with Gasteiger partial charge in [0.15, 0.2) is 0 Å². The first-order valence-electron chi connectivity index (χ1n) is 8.98. The number of nitrogens with zero attached hydrogens (tertiary/aromatic N) is 3. The van der Waals surface area contributed by atoms with E-state index in [0.29, 0.717) is 6.10 Å². The Morgan fingerprint density at radius 2 is 2.04 bits per heavy atom. The number of ether oxygens (including phenoxy) is 1. The standard InChI is InChI=1S/C19H30IN3O/c1-6-23(5)12-21-18-11-17(20)19(22-14(18)4)24-16-9-7-15(8-10-16)13(2)3/h11-13,15-16H,6-10H2,1-5H3/b21-12+/t15-,16-. The number of hydrogen-bond acceptors (Lipinski definition) is 3. The van der Waals surface area contributed by atoms with Crippen LogP contribution < -0.4 is 4.74 Å². The van der Waals surface area contributed by atoms with Crippen LogP contribution in [0.25, 0.3) is 0 Å². The molecule has 0 spiro atoms. The fourth-order valence-corrected chi connectivity index (χ4v) is 3.58. The second-order valence-electron chi connectivity index (χ2n) is 7.10. The van der Waals surface area contributed by atoms with Crippen LogP contribution in [0.4, 0.5) is 5.69 Å². The van der Waals surface area contributed by atoms with E-state index in [1.165, 1.54) is 12.8 Å². The third-order valence-corrected chi connectivity index (χ3v) is 5.71. The predicted molar refractivity (Wildman–Crippen MR) is 109 cm³/mol. The molecular weight excluding hydrogens is 413 g/mol. The predicted octanol–water partition coefficient (Wildman–Crippen LogP) is 5.20. The average Bonchev–Trinajstić information content (AvgIpc) is 2.56. The Morgan fingerprint density at radius 3 is 2.62 bits per heavy atom. The van der Waals surface area contributed by atoms with Gasteiger partial charge in [-0.05, 0) is 80.0 Å². The lowest BCUT2D eigenvalue weighted by Gasteiger charge is -2.31. The molecule has 1 fully saturated rings. The quantitative estimate of drug-likeness (QED) is 0.345. The van der Waals surface area contributed by atoms with Crippen LogP contribution in [-0.4, -0.2) is 35.9 Å². The fraction of sp³-hybridized carbons (Fsp3) is 0.684. The van der Waals surface area contributed by atoms with Gasteiger partial charge in [0.1, 0.15) is 6.10 Å². The van der Waals surface area contributed by atoms with Gasteiger partial charge in [0, 0.05) is 13.6 Å². The summed E-state index contributed by atoms with van der Waals surface area (Å²) >= 11 is 2.30. The summed E-state index contributed by atoms with van der Waals surface area (Å²) < 4.78 is 7.25. The Kier molecular flexibility index (Phi) is 7.32. The minimum Gasteiger partial charge on any atom is -0.474 e. The van der Waals surface area contributed by atoms with E-state index < -0.39 is 0 Å². The maximum atomic E-state index is 6.22. The molecule has 0 bridgehead atoms. The molecule has 0 amide bonds. The maximum absolute atomic E-state index is 6.22. The molecule has 0 N–H and O–H groups in total. The van der Waals surface area contributed by atoms with Crippen molar-refractivity contribution in [1.29, 1.82) is 0 Å². The number of halogens is 1. The van der Waals surface area contributed by atoms with Crippen LogP contribution in [0.15, 0.2) is 11.1 Å². The van der Waals surface area contributed by atoms with Gasteiger partial charge >= 0.3 is 0 Å². The minimum absolute atomic E-state index is 0.306. The van der Waals surface area contributed by atoms with Crippen LogP contribution in [0.2, 0.25) is 0 Å². The molecule has 1 aromatic heterocycles. The van der Waals surface area contributed by atoms with E-state index in [9.17, 15) is 0 Å². The summed E-state index contributed by atoms with van der Waals surface area (Å²) in [5, 5.41) is 0. The number of aryl methyl sites for hydroxylation is 1. The van der Waals surface area contributed by atoms with Crippen LogP contribution >= 0.6 is 22.6 Å². The zero-order valence-corrected chi connectivity index (χ0v) is 17.7. The van der Waals surface area contributed by atoms with Gasteiger partial charge in [-0.25, -0.2) is 9.98 Å². The van der Waals surface area contributed by atoms with Gasteiger partial charge in [0.25, 0.3) is 0 Å². The molecular formula is C19H30IN3O. The molecule has 0 radical (unpaired) electrons. The van der Waals surface area contributed by atoms with Crippen molar-refractivity contribution >= 4 is 34.6 Å². The summed E-state index contributed by atoms with van der Waals surface area (Å²) in [5.74, 6) is 2.40. The largest absolute Gasteiger partial charge is 0.474 e. The van der Waals surface area contributed by atoms with E-state index >= 15 is 0 Å². The van der Waals surface area contributed by atoms with Crippen molar-refractivity contribution in [2.75, 3.05) is 13.6 Å². The van der Waals surface area contributed by atoms with E-state index in [0.717, 1.165) is 52.1 Å². The zero-order chi connectivity index (χ0) is 17.7.